The maximum absolute atomic E-state index is 11.3. The molecule has 6 heteroatoms. The van der Waals surface area contributed by atoms with Gasteiger partial charge in [0.1, 0.15) is 5.52 Å². The van der Waals surface area contributed by atoms with Crippen LogP contribution in [0.5, 0.6) is 0 Å². The lowest BCUT2D eigenvalue weighted by molar-refractivity contribution is -0.146. The number of fused-ring (bicyclic) bond motifs is 1. The second kappa shape index (κ2) is 4.70. The number of halogens is 1. The van der Waals surface area contributed by atoms with Gasteiger partial charge in [0.05, 0.1) is 16.6 Å². The molecule has 0 spiro atoms. The highest BCUT2D eigenvalue weighted by Crippen LogP contribution is 2.35. The third kappa shape index (κ3) is 2.14. The van der Waals surface area contributed by atoms with E-state index in [0.717, 1.165) is 27.7 Å². The average Bonchev–Trinajstić information content (AvgIpc) is 2.81. The Hall–Kier alpha value is -1.69. The lowest BCUT2D eigenvalue weighted by atomic mass is 9.90. The number of carboxylic acid groups (broad SMARTS) is 1. The second-order valence-corrected chi connectivity index (χ2v) is 6.30. The molecule has 1 saturated heterocycles. The Balaban J connectivity index is 2.02. The van der Waals surface area contributed by atoms with E-state index in [-0.39, 0.29) is 0 Å². The van der Waals surface area contributed by atoms with Gasteiger partial charge in [0, 0.05) is 30.0 Å². The number of aromatic nitrogens is 2. The first-order valence-electron chi connectivity index (χ1n) is 6.38. The number of hydrogen-bond donors (Lipinski definition) is 1. The van der Waals surface area contributed by atoms with Crippen molar-refractivity contribution in [2.24, 2.45) is 5.41 Å². The molecule has 0 saturated carbocycles. The summed E-state index contributed by atoms with van der Waals surface area (Å²) < 4.78 is 0.881. The van der Waals surface area contributed by atoms with Gasteiger partial charge in [0.25, 0.3) is 0 Å². The molecule has 20 heavy (non-hydrogen) atoms. The van der Waals surface area contributed by atoms with Crippen molar-refractivity contribution in [2.75, 3.05) is 18.0 Å². The first kappa shape index (κ1) is 13.3. The fourth-order valence-corrected chi connectivity index (χ4v) is 2.91. The van der Waals surface area contributed by atoms with Gasteiger partial charge >= 0.3 is 5.97 Å². The van der Waals surface area contributed by atoms with Crippen molar-refractivity contribution < 1.29 is 9.90 Å². The Morgan fingerprint density at radius 1 is 1.50 bits per heavy atom. The molecule has 0 aliphatic carbocycles. The summed E-state index contributed by atoms with van der Waals surface area (Å²) in [7, 11) is 0. The van der Waals surface area contributed by atoms with Gasteiger partial charge in [-0.3, -0.25) is 14.8 Å². The number of carbonyl (C=O) groups is 1. The molecule has 0 aromatic carbocycles. The number of pyridine rings is 2. The summed E-state index contributed by atoms with van der Waals surface area (Å²) in [6.07, 6.45) is 4.12. The van der Waals surface area contributed by atoms with E-state index in [2.05, 4.69) is 30.8 Å². The molecular formula is C14H14BrN3O2. The zero-order chi connectivity index (χ0) is 14.3. The van der Waals surface area contributed by atoms with Crippen molar-refractivity contribution in [1.82, 2.24) is 9.97 Å². The van der Waals surface area contributed by atoms with Crippen LogP contribution in [0, 0.1) is 5.41 Å². The third-order valence-electron chi connectivity index (χ3n) is 3.85. The van der Waals surface area contributed by atoms with Gasteiger partial charge < -0.3 is 10.0 Å². The predicted octanol–water partition coefficient (Wildman–Crippen LogP) is 2.69. The fraction of sp³-hybridized carbons (Fsp3) is 0.357. The lowest BCUT2D eigenvalue weighted by Crippen LogP contribution is -2.31. The van der Waals surface area contributed by atoms with Crippen molar-refractivity contribution in [1.29, 1.82) is 0 Å². The van der Waals surface area contributed by atoms with Gasteiger partial charge in [0.2, 0.25) is 0 Å². The molecule has 0 radical (unpaired) electrons. The van der Waals surface area contributed by atoms with Crippen LogP contribution in [0.1, 0.15) is 13.3 Å². The minimum absolute atomic E-state index is 0.499. The van der Waals surface area contributed by atoms with Crippen molar-refractivity contribution in [3.8, 4) is 0 Å². The van der Waals surface area contributed by atoms with Crippen molar-refractivity contribution in [3.05, 3.63) is 29.0 Å². The zero-order valence-electron chi connectivity index (χ0n) is 11.0. The molecule has 1 atom stereocenters. The number of hydrogen-bond acceptors (Lipinski definition) is 4. The molecule has 1 aliphatic heterocycles. The van der Waals surface area contributed by atoms with Crippen LogP contribution in [-0.2, 0) is 4.79 Å². The van der Waals surface area contributed by atoms with E-state index in [1.165, 1.54) is 0 Å². The van der Waals surface area contributed by atoms with Gasteiger partial charge in [-0.1, -0.05) is 0 Å². The van der Waals surface area contributed by atoms with Crippen LogP contribution >= 0.6 is 15.9 Å². The molecule has 104 valence electrons. The topological polar surface area (TPSA) is 66.3 Å². The van der Waals surface area contributed by atoms with Crippen LogP contribution in [0.25, 0.3) is 11.0 Å². The third-order valence-corrected chi connectivity index (χ3v) is 4.29. The van der Waals surface area contributed by atoms with Crippen LogP contribution in [-0.4, -0.2) is 34.1 Å². The smallest absolute Gasteiger partial charge is 0.311 e. The van der Waals surface area contributed by atoms with E-state index in [0.29, 0.717) is 13.0 Å². The Morgan fingerprint density at radius 2 is 2.30 bits per heavy atom. The SMILES string of the molecule is CC1(C(=O)O)CCN(c2ccnc3cc(Br)cnc23)C1. The minimum Gasteiger partial charge on any atom is -0.481 e. The summed E-state index contributed by atoms with van der Waals surface area (Å²) in [5.41, 5.74) is 1.88. The molecule has 2 aromatic heterocycles. The summed E-state index contributed by atoms with van der Waals surface area (Å²) in [5.74, 6) is -0.742. The van der Waals surface area contributed by atoms with Crippen LogP contribution in [0.15, 0.2) is 29.0 Å². The molecule has 1 unspecified atom stereocenters. The molecule has 3 rings (SSSR count). The summed E-state index contributed by atoms with van der Waals surface area (Å²) in [4.78, 5) is 22.2. The van der Waals surface area contributed by atoms with E-state index < -0.39 is 11.4 Å². The Bertz CT molecular complexity index is 691. The lowest BCUT2D eigenvalue weighted by Gasteiger charge is -2.22. The molecule has 1 fully saturated rings. The van der Waals surface area contributed by atoms with Crippen LogP contribution in [0.4, 0.5) is 5.69 Å². The van der Waals surface area contributed by atoms with Crippen LogP contribution in [0.3, 0.4) is 0 Å². The van der Waals surface area contributed by atoms with Gasteiger partial charge in [-0.15, -0.1) is 0 Å². The first-order valence-corrected chi connectivity index (χ1v) is 7.17. The highest BCUT2D eigenvalue weighted by molar-refractivity contribution is 9.10. The number of rotatable bonds is 2. The Morgan fingerprint density at radius 3 is 3.00 bits per heavy atom. The predicted molar refractivity (Wildman–Crippen MR) is 79.8 cm³/mol. The molecule has 5 nitrogen and oxygen atoms in total. The van der Waals surface area contributed by atoms with Crippen molar-refractivity contribution in [3.63, 3.8) is 0 Å². The molecule has 2 aromatic rings. The largest absolute Gasteiger partial charge is 0.481 e. The van der Waals surface area contributed by atoms with Crippen molar-refractivity contribution in [2.45, 2.75) is 13.3 Å². The van der Waals surface area contributed by atoms with Crippen LogP contribution < -0.4 is 4.90 Å². The summed E-state index contributed by atoms with van der Waals surface area (Å²) in [6, 6.07) is 3.81. The number of carboxylic acids is 1. The van der Waals surface area contributed by atoms with Gasteiger partial charge in [-0.2, -0.15) is 0 Å². The number of nitrogens with zero attached hydrogens (tertiary/aromatic N) is 3. The molecular weight excluding hydrogens is 322 g/mol. The highest BCUT2D eigenvalue weighted by Gasteiger charge is 2.40. The summed E-state index contributed by atoms with van der Waals surface area (Å²) in [5, 5.41) is 9.33. The average molecular weight is 336 g/mol. The maximum atomic E-state index is 11.3. The number of aliphatic carboxylic acids is 1. The second-order valence-electron chi connectivity index (χ2n) is 5.39. The molecule has 0 amide bonds. The Kier molecular flexibility index (Phi) is 3.12. The van der Waals surface area contributed by atoms with E-state index in [4.69, 9.17) is 0 Å². The molecule has 1 N–H and O–H groups in total. The van der Waals surface area contributed by atoms with Gasteiger partial charge in [0.15, 0.2) is 0 Å². The highest BCUT2D eigenvalue weighted by atomic mass is 79.9. The molecule has 0 bridgehead atoms. The van der Waals surface area contributed by atoms with Crippen molar-refractivity contribution >= 4 is 38.6 Å². The van der Waals surface area contributed by atoms with E-state index >= 15 is 0 Å². The Labute approximate surface area is 124 Å². The fourth-order valence-electron chi connectivity index (χ4n) is 2.59. The van der Waals surface area contributed by atoms with E-state index in [9.17, 15) is 9.90 Å². The standard InChI is InChI=1S/C14H14BrN3O2/c1-14(13(19)20)3-5-18(8-14)11-2-4-16-10-6-9(15)7-17-12(10)11/h2,4,6-7H,3,5,8H2,1H3,(H,19,20). The van der Waals surface area contributed by atoms with E-state index in [1.54, 1.807) is 19.3 Å². The monoisotopic (exact) mass is 335 g/mol. The molecule has 1 aliphatic rings. The zero-order valence-corrected chi connectivity index (χ0v) is 12.6. The normalized spacial score (nSPS) is 22.4. The summed E-state index contributed by atoms with van der Waals surface area (Å²) in [6.45, 7) is 3.02. The first-order chi connectivity index (χ1) is 9.49. The van der Waals surface area contributed by atoms with Gasteiger partial charge in [-0.05, 0) is 41.4 Å². The van der Waals surface area contributed by atoms with Crippen LogP contribution in [0.2, 0.25) is 0 Å². The summed E-state index contributed by atoms with van der Waals surface area (Å²) >= 11 is 3.38. The number of anilines is 1. The quantitative estimate of drug-likeness (QED) is 0.913. The van der Waals surface area contributed by atoms with E-state index in [1.807, 2.05) is 12.1 Å². The maximum Gasteiger partial charge on any atom is 0.311 e. The minimum atomic E-state index is -0.742. The molecule has 3 heterocycles. The van der Waals surface area contributed by atoms with Gasteiger partial charge in [-0.25, -0.2) is 0 Å².